The normalized spacial score (nSPS) is 16.3. The fraction of sp³-hybridized carbons (Fsp3) is 0.533. The fourth-order valence-corrected chi connectivity index (χ4v) is 2.80. The Bertz CT molecular complexity index is 549. The fourth-order valence-electron chi connectivity index (χ4n) is 2.80. The van der Waals surface area contributed by atoms with Gasteiger partial charge in [0.05, 0.1) is 10.5 Å². The largest absolute Gasteiger partial charge is 0.371 e. The van der Waals surface area contributed by atoms with E-state index in [2.05, 4.69) is 23.9 Å². The number of hydrogen-bond donors (Lipinski definition) is 0. The summed E-state index contributed by atoms with van der Waals surface area (Å²) in [4.78, 5) is 26.5. The highest BCUT2D eigenvalue weighted by Crippen LogP contribution is 2.28. The van der Waals surface area contributed by atoms with Crippen LogP contribution in [0.2, 0.25) is 0 Å². The van der Waals surface area contributed by atoms with Crippen molar-refractivity contribution in [2.45, 2.75) is 25.8 Å². The van der Waals surface area contributed by atoms with Gasteiger partial charge in [0, 0.05) is 30.9 Å². The van der Waals surface area contributed by atoms with Gasteiger partial charge in [0.1, 0.15) is 0 Å². The maximum atomic E-state index is 11.6. The third-order valence-corrected chi connectivity index (χ3v) is 4.12. The second kappa shape index (κ2) is 6.22. The molecule has 6 heteroatoms. The molecule has 21 heavy (non-hydrogen) atoms. The average molecular weight is 291 g/mol. The van der Waals surface area contributed by atoms with Crippen molar-refractivity contribution in [1.82, 2.24) is 4.90 Å². The maximum Gasteiger partial charge on any atom is 0.280 e. The molecule has 1 aromatic carbocycles. The zero-order valence-electron chi connectivity index (χ0n) is 12.7. The second-order valence-corrected chi connectivity index (χ2v) is 5.70. The van der Waals surface area contributed by atoms with Crippen molar-refractivity contribution in [1.29, 1.82) is 0 Å². The lowest BCUT2D eigenvalue weighted by Crippen LogP contribution is -2.42. The molecule has 1 aromatic rings. The Morgan fingerprint density at radius 3 is 2.43 bits per heavy atom. The van der Waals surface area contributed by atoms with Crippen molar-refractivity contribution < 1.29 is 9.72 Å². The monoisotopic (exact) mass is 291 g/mol. The first-order valence-corrected chi connectivity index (χ1v) is 7.11. The van der Waals surface area contributed by atoms with Crippen molar-refractivity contribution in [2.75, 3.05) is 32.1 Å². The molecule has 0 amide bonds. The number of Topliss-reactive ketones (excluding diaryl/α,β-unsaturated/α-hetero) is 1. The van der Waals surface area contributed by atoms with Gasteiger partial charge >= 0.3 is 0 Å². The summed E-state index contributed by atoms with van der Waals surface area (Å²) in [5, 5.41) is 11.0. The van der Waals surface area contributed by atoms with E-state index in [0.29, 0.717) is 6.04 Å². The van der Waals surface area contributed by atoms with Crippen LogP contribution in [0.4, 0.5) is 11.4 Å². The molecular formula is C15H21N3O3. The number of hydrogen-bond acceptors (Lipinski definition) is 5. The molecular weight excluding hydrogens is 270 g/mol. The summed E-state index contributed by atoms with van der Waals surface area (Å²) in [6, 6.07) is 5.40. The van der Waals surface area contributed by atoms with E-state index in [0.717, 1.165) is 31.6 Å². The third-order valence-electron chi connectivity index (χ3n) is 4.12. The molecule has 0 aromatic heterocycles. The van der Waals surface area contributed by atoms with Crippen molar-refractivity contribution >= 4 is 17.2 Å². The first-order valence-electron chi connectivity index (χ1n) is 7.11. The minimum absolute atomic E-state index is 0.116. The molecule has 0 saturated carbocycles. The minimum atomic E-state index is -0.501. The number of nitro groups is 1. The maximum absolute atomic E-state index is 11.6. The highest BCUT2D eigenvalue weighted by atomic mass is 16.6. The van der Waals surface area contributed by atoms with E-state index in [1.165, 1.54) is 13.0 Å². The molecule has 0 aliphatic carbocycles. The predicted octanol–water partition coefficient (Wildman–Crippen LogP) is 2.33. The Balaban J connectivity index is 2.20. The number of nitro benzene ring substituents is 1. The van der Waals surface area contributed by atoms with E-state index >= 15 is 0 Å². The Morgan fingerprint density at radius 2 is 1.95 bits per heavy atom. The van der Waals surface area contributed by atoms with Gasteiger partial charge in [0.15, 0.2) is 5.78 Å². The minimum Gasteiger partial charge on any atom is -0.371 e. The smallest absolute Gasteiger partial charge is 0.280 e. The van der Waals surface area contributed by atoms with Gasteiger partial charge in [0.2, 0.25) is 0 Å². The number of piperidine rings is 1. The lowest BCUT2D eigenvalue weighted by atomic mass is 10.0. The van der Waals surface area contributed by atoms with Gasteiger partial charge in [-0.25, -0.2) is 0 Å². The van der Waals surface area contributed by atoms with Gasteiger partial charge < -0.3 is 9.80 Å². The van der Waals surface area contributed by atoms with Crippen LogP contribution in [-0.2, 0) is 0 Å². The van der Waals surface area contributed by atoms with Crippen LogP contribution in [0, 0.1) is 10.1 Å². The van der Waals surface area contributed by atoms with Gasteiger partial charge in [-0.3, -0.25) is 14.9 Å². The van der Waals surface area contributed by atoms with Crippen LogP contribution in [0.25, 0.3) is 0 Å². The van der Waals surface area contributed by atoms with Crippen LogP contribution in [0.1, 0.15) is 30.1 Å². The predicted molar refractivity (Wildman–Crippen MR) is 82.0 cm³/mol. The zero-order chi connectivity index (χ0) is 15.6. The Kier molecular flexibility index (Phi) is 4.57. The summed E-state index contributed by atoms with van der Waals surface area (Å²) < 4.78 is 0. The zero-order valence-corrected chi connectivity index (χ0v) is 12.7. The Hall–Kier alpha value is -1.95. The number of rotatable bonds is 4. The van der Waals surface area contributed by atoms with Crippen LogP contribution in [0.15, 0.2) is 18.2 Å². The Labute approximate surface area is 124 Å². The molecule has 114 valence electrons. The van der Waals surface area contributed by atoms with Gasteiger partial charge in [0.25, 0.3) is 5.69 Å². The number of benzene rings is 1. The summed E-state index contributed by atoms with van der Waals surface area (Å²) in [6.45, 7) is 3.17. The second-order valence-electron chi connectivity index (χ2n) is 5.70. The molecule has 1 saturated heterocycles. The van der Waals surface area contributed by atoms with Crippen LogP contribution < -0.4 is 4.90 Å². The quantitative estimate of drug-likeness (QED) is 0.484. The number of carbonyl (C=O) groups is 1. The lowest BCUT2D eigenvalue weighted by molar-refractivity contribution is -0.385. The summed E-state index contributed by atoms with van der Waals surface area (Å²) in [5.41, 5.74) is 0.963. The molecule has 0 radical (unpaired) electrons. The van der Waals surface area contributed by atoms with Crippen molar-refractivity contribution in [3.8, 4) is 0 Å². The van der Waals surface area contributed by atoms with E-state index < -0.39 is 4.92 Å². The molecule has 1 fully saturated rings. The summed E-state index contributed by atoms with van der Waals surface area (Å²) in [7, 11) is 4.17. The van der Waals surface area contributed by atoms with Gasteiger partial charge in [-0.2, -0.15) is 0 Å². The molecule has 1 heterocycles. The van der Waals surface area contributed by atoms with E-state index in [1.54, 1.807) is 12.1 Å². The van der Waals surface area contributed by atoms with E-state index in [4.69, 9.17) is 0 Å². The van der Waals surface area contributed by atoms with Crippen molar-refractivity contribution in [3.05, 3.63) is 33.9 Å². The van der Waals surface area contributed by atoms with Crippen molar-refractivity contribution in [3.63, 3.8) is 0 Å². The molecule has 0 unspecified atom stereocenters. The molecule has 0 atom stereocenters. The van der Waals surface area contributed by atoms with Crippen LogP contribution >= 0.6 is 0 Å². The van der Waals surface area contributed by atoms with Gasteiger partial charge in [-0.15, -0.1) is 0 Å². The van der Waals surface area contributed by atoms with Gasteiger partial charge in [-0.05, 0) is 46.0 Å². The SMILES string of the molecule is CC(=O)c1cc(N2CCC(N(C)C)CC2)ccc1[N+](=O)[O-]. The topological polar surface area (TPSA) is 66.7 Å². The van der Waals surface area contributed by atoms with Crippen LogP contribution in [0.5, 0.6) is 0 Å². The first kappa shape index (κ1) is 15.4. The Morgan fingerprint density at radius 1 is 1.33 bits per heavy atom. The van der Waals surface area contributed by atoms with Gasteiger partial charge in [-0.1, -0.05) is 0 Å². The summed E-state index contributed by atoms with van der Waals surface area (Å²) in [5.74, 6) is -0.272. The molecule has 1 aliphatic rings. The highest BCUT2D eigenvalue weighted by molar-refractivity contribution is 5.99. The molecule has 1 aliphatic heterocycles. The van der Waals surface area contributed by atoms with E-state index in [1.807, 2.05) is 0 Å². The number of nitrogens with zero attached hydrogens (tertiary/aromatic N) is 3. The number of carbonyl (C=O) groups excluding carboxylic acids is 1. The highest BCUT2D eigenvalue weighted by Gasteiger charge is 2.23. The number of ketones is 1. The van der Waals surface area contributed by atoms with E-state index in [-0.39, 0.29) is 17.0 Å². The average Bonchev–Trinajstić information content (AvgIpc) is 2.46. The lowest BCUT2D eigenvalue weighted by Gasteiger charge is -2.36. The van der Waals surface area contributed by atoms with E-state index in [9.17, 15) is 14.9 Å². The standard InChI is InChI=1S/C15H21N3O3/c1-11(19)14-10-13(4-5-15(14)18(20)21)17-8-6-12(7-9-17)16(2)3/h4-5,10,12H,6-9H2,1-3H3. The van der Waals surface area contributed by atoms with Crippen molar-refractivity contribution in [2.24, 2.45) is 0 Å². The first-order chi connectivity index (χ1) is 9.90. The number of anilines is 1. The van der Waals surface area contributed by atoms with Crippen LogP contribution in [0.3, 0.4) is 0 Å². The molecule has 0 bridgehead atoms. The molecule has 2 rings (SSSR count). The summed E-state index contributed by atoms with van der Waals surface area (Å²) >= 11 is 0. The van der Waals surface area contributed by atoms with Crippen LogP contribution in [-0.4, -0.2) is 48.8 Å². The molecule has 0 spiro atoms. The third kappa shape index (κ3) is 3.39. The molecule has 0 N–H and O–H groups in total. The molecule has 6 nitrogen and oxygen atoms in total. The summed E-state index contributed by atoms with van der Waals surface area (Å²) in [6.07, 6.45) is 2.11.